The predicted octanol–water partition coefficient (Wildman–Crippen LogP) is 3.66. The molecule has 1 aliphatic rings. The zero-order valence-corrected chi connectivity index (χ0v) is 11.3. The Bertz CT molecular complexity index is 298. The summed E-state index contributed by atoms with van der Waals surface area (Å²) >= 11 is 0. The largest absolute Gasteiger partial charge is 0.253 e. The highest BCUT2D eigenvalue weighted by Crippen LogP contribution is 2.41. The standard InChI is InChI=1S/C12H25NOS/c1-5-12(2,3)10-6-8-11(9-7-10)15(4,13)14/h10-11,13H,5-9H2,1-4H3. The lowest BCUT2D eigenvalue weighted by molar-refractivity contribution is 0.154. The van der Waals surface area contributed by atoms with Crippen LogP contribution in [0.4, 0.5) is 0 Å². The molecule has 1 N–H and O–H groups in total. The first-order valence-electron chi connectivity index (χ1n) is 6.00. The second-order valence-corrected chi connectivity index (χ2v) is 8.19. The van der Waals surface area contributed by atoms with Crippen LogP contribution < -0.4 is 0 Å². The van der Waals surface area contributed by atoms with Gasteiger partial charge < -0.3 is 0 Å². The predicted molar refractivity (Wildman–Crippen MR) is 66.6 cm³/mol. The maximum absolute atomic E-state index is 11.6. The van der Waals surface area contributed by atoms with Crippen LogP contribution in [-0.4, -0.2) is 15.7 Å². The molecule has 0 aromatic rings. The van der Waals surface area contributed by atoms with Gasteiger partial charge in [0.1, 0.15) is 0 Å². The van der Waals surface area contributed by atoms with Gasteiger partial charge in [0.15, 0.2) is 0 Å². The Morgan fingerprint density at radius 1 is 1.27 bits per heavy atom. The molecule has 0 amide bonds. The SMILES string of the molecule is CCC(C)(C)C1CCC(S(C)(=N)=O)CC1. The van der Waals surface area contributed by atoms with Crippen molar-refractivity contribution in [2.45, 2.75) is 58.1 Å². The van der Waals surface area contributed by atoms with E-state index in [-0.39, 0.29) is 5.25 Å². The molecule has 0 heterocycles. The number of hydrogen-bond acceptors (Lipinski definition) is 2. The fourth-order valence-corrected chi connectivity index (χ4v) is 3.75. The maximum Gasteiger partial charge on any atom is 0.0441 e. The third-order valence-corrected chi connectivity index (χ3v) is 6.07. The lowest BCUT2D eigenvalue weighted by Crippen LogP contribution is -2.32. The summed E-state index contributed by atoms with van der Waals surface area (Å²) < 4.78 is 19.3. The Hall–Kier alpha value is -0.0500. The van der Waals surface area contributed by atoms with E-state index in [2.05, 4.69) is 20.8 Å². The van der Waals surface area contributed by atoms with E-state index in [4.69, 9.17) is 4.78 Å². The minimum atomic E-state index is -2.30. The molecule has 0 spiro atoms. The van der Waals surface area contributed by atoms with Gasteiger partial charge in [-0.3, -0.25) is 4.78 Å². The Morgan fingerprint density at radius 2 is 1.73 bits per heavy atom. The van der Waals surface area contributed by atoms with Crippen LogP contribution in [0.3, 0.4) is 0 Å². The molecule has 0 aromatic carbocycles. The molecule has 0 aliphatic heterocycles. The third kappa shape index (κ3) is 3.20. The maximum atomic E-state index is 11.6. The molecular weight excluding hydrogens is 206 g/mol. The Labute approximate surface area is 94.8 Å². The van der Waals surface area contributed by atoms with Crippen molar-refractivity contribution in [2.24, 2.45) is 11.3 Å². The minimum Gasteiger partial charge on any atom is -0.253 e. The summed E-state index contributed by atoms with van der Waals surface area (Å²) in [6, 6.07) is 0. The Morgan fingerprint density at radius 3 is 2.07 bits per heavy atom. The van der Waals surface area contributed by atoms with Gasteiger partial charge in [-0.05, 0) is 37.0 Å². The molecule has 1 aliphatic carbocycles. The second kappa shape index (κ2) is 4.44. The summed E-state index contributed by atoms with van der Waals surface area (Å²) in [6.07, 6.45) is 7.12. The summed E-state index contributed by atoms with van der Waals surface area (Å²) in [5, 5.41) is 0.154. The van der Waals surface area contributed by atoms with E-state index in [1.165, 1.54) is 6.42 Å². The van der Waals surface area contributed by atoms with E-state index in [1.54, 1.807) is 6.26 Å². The van der Waals surface area contributed by atoms with Crippen molar-refractivity contribution < 1.29 is 4.21 Å². The number of nitrogens with one attached hydrogen (secondary N) is 1. The average molecular weight is 231 g/mol. The topological polar surface area (TPSA) is 40.9 Å². The van der Waals surface area contributed by atoms with Gasteiger partial charge in [-0.25, -0.2) is 4.21 Å². The van der Waals surface area contributed by atoms with Gasteiger partial charge in [0.2, 0.25) is 0 Å². The fourth-order valence-electron chi connectivity index (χ4n) is 2.58. The molecule has 1 rings (SSSR count). The first kappa shape index (κ1) is 13.0. The second-order valence-electron chi connectivity index (χ2n) is 5.72. The molecule has 0 saturated heterocycles. The fraction of sp³-hybridized carbons (Fsp3) is 1.00. The van der Waals surface area contributed by atoms with E-state index >= 15 is 0 Å². The molecule has 0 bridgehead atoms. The molecule has 1 fully saturated rings. The van der Waals surface area contributed by atoms with E-state index in [1.807, 2.05) is 0 Å². The van der Waals surface area contributed by atoms with Crippen LogP contribution in [0.2, 0.25) is 0 Å². The van der Waals surface area contributed by atoms with Crippen molar-refractivity contribution in [3.05, 3.63) is 0 Å². The van der Waals surface area contributed by atoms with Gasteiger partial charge in [0, 0.05) is 21.2 Å². The number of hydrogen-bond donors (Lipinski definition) is 1. The molecule has 1 unspecified atom stereocenters. The summed E-state index contributed by atoms with van der Waals surface area (Å²) in [6.45, 7) is 6.92. The van der Waals surface area contributed by atoms with Crippen LogP contribution in [0.15, 0.2) is 0 Å². The van der Waals surface area contributed by atoms with Crippen LogP contribution in [0, 0.1) is 16.1 Å². The molecule has 90 valence electrons. The molecular formula is C12H25NOS. The molecule has 1 atom stereocenters. The Kier molecular flexibility index (Phi) is 3.85. The van der Waals surface area contributed by atoms with Gasteiger partial charge >= 0.3 is 0 Å². The van der Waals surface area contributed by atoms with Crippen LogP contribution >= 0.6 is 0 Å². The zero-order valence-electron chi connectivity index (χ0n) is 10.5. The monoisotopic (exact) mass is 231 g/mol. The van der Waals surface area contributed by atoms with Crippen molar-refractivity contribution in [1.29, 1.82) is 4.78 Å². The highest BCUT2D eigenvalue weighted by atomic mass is 32.2. The lowest BCUT2D eigenvalue weighted by atomic mass is 9.70. The van der Waals surface area contributed by atoms with Crippen molar-refractivity contribution in [1.82, 2.24) is 0 Å². The quantitative estimate of drug-likeness (QED) is 0.791. The van der Waals surface area contributed by atoms with Gasteiger partial charge in [-0.2, -0.15) is 0 Å². The summed E-state index contributed by atoms with van der Waals surface area (Å²) in [4.78, 5) is 0. The highest BCUT2D eigenvalue weighted by Gasteiger charge is 2.33. The molecule has 2 nitrogen and oxygen atoms in total. The van der Waals surface area contributed by atoms with E-state index in [0.717, 1.165) is 31.6 Å². The summed E-state index contributed by atoms with van der Waals surface area (Å²) in [5.41, 5.74) is 0.418. The zero-order chi connectivity index (χ0) is 11.7. The summed E-state index contributed by atoms with van der Waals surface area (Å²) in [5.74, 6) is 0.764. The first-order chi connectivity index (χ1) is 6.77. The van der Waals surface area contributed by atoms with E-state index < -0.39 is 9.73 Å². The molecule has 1 saturated carbocycles. The van der Waals surface area contributed by atoms with Crippen molar-refractivity contribution >= 4 is 9.73 Å². The lowest BCUT2D eigenvalue weighted by Gasteiger charge is -2.38. The minimum absolute atomic E-state index is 0.154. The van der Waals surface area contributed by atoms with Gasteiger partial charge in [-0.1, -0.05) is 27.2 Å². The first-order valence-corrected chi connectivity index (χ1v) is 8.03. The van der Waals surface area contributed by atoms with Crippen LogP contribution in [0.5, 0.6) is 0 Å². The average Bonchev–Trinajstić information content (AvgIpc) is 2.17. The van der Waals surface area contributed by atoms with Crippen LogP contribution in [0.1, 0.15) is 52.9 Å². The van der Waals surface area contributed by atoms with Crippen molar-refractivity contribution in [3.63, 3.8) is 0 Å². The van der Waals surface area contributed by atoms with Crippen molar-refractivity contribution in [3.8, 4) is 0 Å². The summed E-state index contributed by atoms with van der Waals surface area (Å²) in [7, 11) is -2.30. The molecule has 15 heavy (non-hydrogen) atoms. The van der Waals surface area contributed by atoms with Crippen LogP contribution in [-0.2, 0) is 9.73 Å². The van der Waals surface area contributed by atoms with Crippen LogP contribution in [0.25, 0.3) is 0 Å². The van der Waals surface area contributed by atoms with Crippen molar-refractivity contribution in [2.75, 3.05) is 6.26 Å². The van der Waals surface area contributed by atoms with Gasteiger partial charge in [0.25, 0.3) is 0 Å². The van der Waals surface area contributed by atoms with Gasteiger partial charge in [0.05, 0.1) is 0 Å². The Balaban J connectivity index is 2.57. The van der Waals surface area contributed by atoms with E-state index in [0.29, 0.717) is 5.41 Å². The van der Waals surface area contributed by atoms with Gasteiger partial charge in [-0.15, -0.1) is 0 Å². The molecule has 3 heteroatoms. The van der Waals surface area contributed by atoms with E-state index in [9.17, 15) is 4.21 Å². The third-order valence-electron chi connectivity index (χ3n) is 4.33. The number of rotatable bonds is 3. The molecule has 0 radical (unpaired) electrons. The molecule has 0 aromatic heterocycles. The normalized spacial score (nSPS) is 32.3. The smallest absolute Gasteiger partial charge is 0.0441 e. The highest BCUT2D eigenvalue weighted by molar-refractivity contribution is 7.92.